The minimum absolute atomic E-state index is 0. The van der Waals surface area contributed by atoms with Crippen LogP contribution in [-0.2, 0) is 9.53 Å². The Labute approximate surface area is 83.2 Å². The molecular formula is C7H13Cl2NO2. The SMILES string of the molecule is CCOC(=O)[C@@H]1C[C@H](Cl)CN1.Cl. The Bertz CT molecular complexity index is 154. The van der Waals surface area contributed by atoms with Crippen LogP contribution < -0.4 is 5.32 Å². The first kappa shape index (κ1) is 12.0. The first-order valence-electron chi connectivity index (χ1n) is 3.78. The molecule has 1 saturated heterocycles. The molecule has 0 spiro atoms. The van der Waals surface area contributed by atoms with E-state index in [1.54, 1.807) is 6.92 Å². The lowest BCUT2D eigenvalue weighted by molar-refractivity contribution is -0.145. The molecule has 1 fully saturated rings. The van der Waals surface area contributed by atoms with E-state index < -0.39 is 0 Å². The number of carbonyl (C=O) groups is 1. The quantitative estimate of drug-likeness (QED) is 0.549. The molecular weight excluding hydrogens is 201 g/mol. The third kappa shape index (κ3) is 3.17. The van der Waals surface area contributed by atoms with Crippen molar-refractivity contribution in [2.45, 2.75) is 24.8 Å². The molecule has 0 aromatic carbocycles. The highest BCUT2D eigenvalue weighted by Gasteiger charge is 2.28. The van der Waals surface area contributed by atoms with Crippen LogP contribution in [0.2, 0.25) is 0 Å². The molecule has 72 valence electrons. The molecule has 0 amide bonds. The van der Waals surface area contributed by atoms with Gasteiger partial charge in [-0.15, -0.1) is 24.0 Å². The van der Waals surface area contributed by atoms with Gasteiger partial charge in [-0.1, -0.05) is 0 Å². The fourth-order valence-electron chi connectivity index (χ4n) is 1.11. The average molecular weight is 214 g/mol. The van der Waals surface area contributed by atoms with Crippen LogP contribution in [0.1, 0.15) is 13.3 Å². The summed E-state index contributed by atoms with van der Waals surface area (Å²) in [4.78, 5) is 11.0. The Morgan fingerprint density at radius 3 is 2.83 bits per heavy atom. The number of nitrogens with one attached hydrogen (secondary N) is 1. The van der Waals surface area contributed by atoms with E-state index in [0.29, 0.717) is 19.6 Å². The molecule has 0 bridgehead atoms. The van der Waals surface area contributed by atoms with E-state index in [4.69, 9.17) is 16.3 Å². The van der Waals surface area contributed by atoms with Crippen LogP contribution in [0.15, 0.2) is 0 Å². The number of halogens is 2. The Morgan fingerprint density at radius 2 is 2.42 bits per heavy atom. The van der Waals surface area contributed by atoms with Crippen LogP contribution in [0.4, 0.5) is 0 Å². The minimum Gasteiger partial charge on any atom is -0.465 e. The van der Waals surface area contributed by atoms with Crippen LogP contribution in [0.25, 0.3) is 0 Å². The molecule has 5 heteroatoms. The molecule has 1 N–H and O–H groups in total. The number of ether oxygens (including phenoxy) is 1. The van der Waals surface area contributed by atoms with Gasteiger partial charge >= 0.3 is 5.97 Å². The lowest BCUT2D eigenvalue weighted by Crippen LogP contribution is -2.32. The van der Waals surface area contributed by atoms with Gasteiger partial charge in [-0.25, -0.2) is 0 Å². The highest BCUT2D eigenvalue weighted by atomic mass is 35.5. The summed E-state index contributed by atoms with van der Waals surface area (Å²) < 4.78 is 4.81. The predicted molar refractivity (Wildman–Crippen MR) is 49.9 cm³/mol. The number of hydrogen-bond acceptors (Lipinski definition) is 3. The predicted octanol–water partition coefficient (Wildman–Crippen LogP) is 0.941. The molecule has 0 unspecified atom stereocenters. The van der Waals surface area contributed by atoms with E-state index in [0.717, 1.165) is 0 Å². The maximum atomic E-state index is 11.0. The normalized spacial score (nSPS) is 27.8. The van der Waals surface area contributed by atoms with Crippen LogP contribution >= 0.6 is 24.0 Å². The molecule has 1 rings (SSSR count). The number of rotatable bonds is 2. The lowest BCUT2D eigenvalue weighted by Gasteiger charge is -2.07. The van der Waals surface area contributed by atoms with E-state index >= 15 is 0 Å². The molecule has 12 heavy (non-hydrogen) atoms. The minimum atomic E-state index is -0.185. The summed E-state index contributed by atoms with van der Waals surface area (Å²) in [5.41, 5.74) is 0. The summed E-state index contributed by atoms with van der Waals surface area (Å²) in [5.74, 6) is -0.185. The molecule has 0 aliphatic carbocycles. The molecule has 1 heterocycles. The monoisotopic (exact) mass is 213 g/mol. The van der Waals surface area contributed by atoms with Crippen molar-refractivity contribution >= 4 is 30.0 Å². The molecule has 0 aromatic rings. The maximum absolute atomic E-state index is 11.0. The van der Waals surface area contributed by atoms with Gasteiger partial charge in [0.1, 0.15) is 6.04 Å². The van der Waals surface area contributed by atoms with Gasteiger partial charge in [0.25, 0.3) is 0 Å². The van der Waals surface area contributed by atoms with Crippen LogP contribution in [0, 0.1) is 0 Å². The zero-order valence-electron chi connectivity index (χ0n) is 6.88. The van der Waals surface area contributed by atoms with Crippen molar-refractivity contribution in [3.63, 3.8) is 0 Å². The average Bonchev–Trinajstić information content (AvgIpc) is 2.36. The summed E-state index contributed by atoms with van der Waals surface area (Å²) in [6.07, 6.45) is 0.681. The summed E-state index contributed by atoms with van der Waals surface area (Å²) in [7, 11) is 0. The fraction of sp³-hybridized carbons (Fsp3) is 0.857. The Hall–Kier alpha value is 0.01000. The van der Waals surface area contributed by atoms with E-state index in [1.165, 1.54) is 0 Å². The number of carbonyl (C=O) groups excluding carboxylic acids is 1. The van der Waals surface area contributed by atoms with Gasteiger partial charge < -0.3 is 10.1 Å². The molecule has 0 radical (unpaired) electrons. The molecule has 0 saturated carbocycles. The van der Waals surface area contributed by atoms with Gasteiger partial charge in [0, 0.05) is 11.9 Å². The first-order chi connectivity index (χ1) is 5.24. The third-order valence-corrected chi connectivity index (χ3v) is 1.98. The molecule has 0 aromatic heterocycles. The topological polar surface area (TPSA) is 38.3 Å². The lowest BCUT2D eigenvalue weighted by atomic mass is 10.2. The van der Waals surface area contributed by atoms with Crippen molar-refractivity contribution < 1.29 is 9.53 Å². The van der Waals surface area contributed by atoms with Crippen molar-refractivity contribution in [3.8, 4) is 0 Å². The van der Waals surface area contributed by atoms with Gasteiger partial charge in [0.05, 0.1) is 6.61 Å². The number of hydrogen-bond donors (Lipinski definition) is 1. The highest BCUT2D eigenvalue weighted by Crippen LogP contribution is 2.13. The summed E-state index contributed by atoms with van der Waals surface area (Å²) in [5, 5.41) is 3.06. The number of alkyl halides is 1. The second-order valence-electron chi connectivity index (χ2n) is 2.55. The highest BCUT2D eigenvalue weighted by molar-refractivity contribution is 6.21. The van der Waals surface area contributed by atoms with Gasteiger partial charge in [-0.3, -0.25) is 4.79 Å². The molecule has 1 aliphatic heterocycles. The Morgan fingerprint density at radius 1 is 1.75 bits per heavy atom. The van der Waals surface area contributed by atoms with Crippen LogP contribution in [0.5, 0.6) is 0 Å². The van der Waals surface area contributed by atoms with Crippen molar-refractivity contribution in [2.24, 2.45) is 0 Å². The van der Waals surface area contributed by atoms with Gasteiger partial charge in [-0.05, 0) is 13.3 Å². The summed E-state index contributed by atoms with van der Waals surface area (Å²) in [6, 6.07) is -0.183. The van der Waals surface area contributed by atoms with Crippen LogP contribution in [-0.4, -0.2) is 30.5 Å². The molecule has 3 nitrogen and oxygen atoms in total. The summed E-state index contributed by atoms with van der Waals surface area (Å²) in [6.45, 7) is 2.93. The van der Waals surface area contributed by atoms with E-state index in [9.17, 15) is 4.79 Å². The second-order valence-corrected chi connectivity index (χ2v) is 3.16. The fourth-order valence-corrected chi connectivity index (χ4v) is 1.38. The van der Waals surface area contributed by atoms with Crippen molar-refractivity contribution in [1.82, 2.24) is 5.32 Å². The number of esters is 1. The molecule has 1 aliphatic rings. The Kier molecular flexibility index (Phi) is 5.63. The Balaban J connectivity index is 0.00000121. The van der Waals surface area contributed by atoms with E-state index in [2.05, 4.69) is 5.32 Å². The molecule has 2 atom stereocenters. The first-order valence-corrected chi connectivity index (χ1v) is 4.21. The summed E-state index contributed by atoms with van der Waals surface area (Å²) >= 11 is 5.78. The zero-order valence-corrected chi connectivity index (χ0v) is 8.45. The van der Waals surface area contributed by atoms with Gasteiger partial charge in [0.15, 0.2) is 0 Å². The van der Waals surface area contributed by atoms with E-state index in [-0.39, 0.29) is 29.8 Å². The van der Waals surface area contributed by atoms with Crippen molar-refractivity contribution in [3.05, 3.63) is 0 Å². The zero-order chi connectivity index (χ0) is 8.27. The largest absolute Gasteiger partial charge is 0.465 e. The van der Waals surface area contributed by atoms with Crippen LogP contribution in [0.3, 0.4) is 0 Å². The maximum Gasteiger partial charge on any atom is 0.323 e. The third-order valence-electron chi connectivity index (χ3n) is 1.65. The van der Waals surface area contributed by atoms with E-state index in [1.807, 2.05) is 0 Å². The smallest absolute Gasteiger partial charge is 0.323 e. The second kappa shape index (κ2) is 5.62. The standard InChI is InChI=1S/C7H12ClNO2.ClH/c1-2-11-7(10)6-3-5(8)4-9-6;/h5-6,9H,2-4H2,1H3;1H/t5-,6-;/m0./s1. The van der Waals surface area contributed by atoms with Crippen molar-refractivity contribution in [1.29, 1.82) is 0 Å². The van der Waals surface area contributed by atoms with Gasteiger partial charge in [-0.2, -0.15) is 0 Å². The van der Waals surface area contributed by atoms with Gasteiger partial charge in [0.2, 0.25) is 0 Å². The van der Waals surface area contributed by atoms with Crippen molar-refractivity contribution in [2.75, 3.05) is 13.2 Å².